The Morgan fingerprint density at radius 1 is 1.47 bits per heavy atom. The lowest BCUT2D eigenvalue weighted by molar-refractivity contribution is 0.0761. The molecule has 1 unspecified atom stereocenters. The van der Waals surface area contributed by atoms with Gasteiger partial charge in [-0.2, -0.15) is 0 Å². The first-order chi connectivity index (χ1) is 8.99. The molecule has 0 aromatic heterocycles. The first kappa shape index (κ1) is 14.6. The molecule has 2 rings (SSSR count). The standard InChI is InChI=1S/C14H18Cl2N2O/c1-17-7-3-4-11(17)9-18(2)14(19)12-8-10(15)5-6-13(12)16/h5-6,8,11H,3-4,7,9H2,1-2H3. The van der Waals surface area contributed by atoms with Crippen LogP contribution in [0.2, 0.25) is 10.0 Å². The predicted molar refractivity (Wildman–Crippen MR) is 79.1 cm³/mol. The van der Waals surface area contributed by atoms with E-state index in [-0.39, 0.29) is 5.91 Å². The minimum Gasteiger partial charge on any atom is -0.340 e. The van der Waals surface area contributed by atoms with Gasteiger partial charge in [-0.1, -0.05) is 23.2 Å². The fraction of sp³-hybridized carbons (Fsp3) is 0.500. The Morgan fingerprint density at radius 2 is 2.21 bits per heavy atom. The fourth-order valence-electron chi connectivity index (χ4n) is 2.48. The Kier molecular flexibility index (Phi) is 4.71. The van der Waals surface area contributed by atoms with Crippen molar-refractivity contribution in [1.82, 2.24) is 9.80 Å². The second-order valence-corrected chi connectivity index (χ2v) is 5.93. The Morgan fingerprint density at radius 3 is 2.84 bits per heavy atom. The largest absolute Gasteiger partial charge is 0.340 e. The van der Waals surface area contributed by atoms with Gasteiger partial charge in [0.05, 0.1) is 10.6 Å². The number of amides is 1. The molecule has 1 aromatic carbocycles. The molecule has 0 saturated carbocycles. The molecule has 0 bridgehead atoms. The highest BCUT2D eigenvalue weighted by molar-refractivity contribution is 6.35. The van der Waals surface area contributed by atoms with Gasteiger partial charge in [0.25, 0.3) is 5.91 Å². The lowest BCUT2D eigenvalue weighted by Crippen LogP contribution is -2.39. The Balaban J connectivity index is 2.08. The number of halogens is 2. The van der Waals surface area contributed by atoms with Crippen molar-refractivity contribution in [2.75, 3.05) is 27.2 Å². The van der Waals surface area contributed by atoms with E-state index in [2.05, 4.69) is 11.9 Å². The summed E-state index contributed by atoms with van der Waals surface area (Å²) < 4.78 is 0. The van der Waals surface area contributed by atoms with E-state index in [1.165, 1.54) is 6.42 Å². The summed E-state index contributed by atoms with van der Waals surface area (Å²) in [6, 6.07) is 5.41. The number of likely N-dealkylation sites (N-methyl/N-ethyl adjacent to an activating group) is 2. The van der Waals surface area contributed by atoms with Crippen molar-refractivity contribution in [3.05, 3.63) is 33.8 Å². The maximum Gasteiger partial charge on any atom is 0.255 e. The lowest BCUT2D eigenvalue weighted by atomic mass is 10.1. The van der Waals surface area contributed by atoms with E-state index >= 15 is 0 Å². The highest BCUT2D eigenvalue weighted by Crippen LogP contribution is 2.23. The molecule has 1 saturated heterocycles. The van der Waals surface area contributed by atoms with Gasteiger partial charge in [-0.15, -0.1) is 0 Å². The van der Waals surface area contributed by atoms with Crippen LogP contribution in [0.4, 0.5) is 0 Å². The highest BCUT2D eigenvalue weighted by atomic mass is 35.5. The van der Waals surface area contributed by atoms with Crippen molar-refractivity contribution in [2.24, 2.45) is 0 Å². The second-order valence-electron chi connectivity index (χ2n) is 5.09. The van der Waals surface area contributed by atoms with Gasteiger partial charge in [0, 0.05) is 24.7 Å². The number of hydrogen-bond acceptors (Lipinski definition) is 2. The van der Waals surface area contributed by atoms with Gasteiger partial charge >= 0.3 is 0 Å². The number of rotatable bonds is 3. The molecule has 0 spiro atoms. The average Bonchev–Trinajstić information content (AvgIpc) is 2.77. The summed E-state index contributed by atoms with van der Waals surface area (Å²) in [6.45, 7) is 1.82. The molecule has 0 N–H and O–H groups in total. The quantitative estimate of drug-likeness (QED) is 0.856. The molecule has 1 amide bonds. The van der Waals surface area contributed by atoms with Crippen LogP contribution in [0.3, 0.4) is 0 Å². The Bertz CT molecular complexity index is 479. The maximum absolute atomic E-state index is 12.4. The molecule has 104 valence electrons. The van der Waals surface area contributed by atoms with Gasteiger partial charge in [-0.3, -0.25) is 4.79 Å². The molecule has 5 heteroatoms. The van der Waals surface area contributed by atoms with E-state index in [9.17, 15) is 4.79 Å². The molecule has 0 aliphatic carbocycles. The number of nitrogens with zero attached hydrogens (tertiary/aromatic N) is 2. The Hall–Kier alpha value is -0.770. The van der Waals surface area contributed by atoms with Gasteiger partial charge in [0.2, 0.25) is 0 Å². The second kappa shape index (κ2) is 6.12. The molecule has 1 atom stereocenters. The van der Waals surface area contributed by atoms with Crippen molar-refractivity contribution >= 4 is 29.1 Å². The molecule has 1 fully saturated rings. The van der Waals surface area contributed by atoms with E-state index in [4.69, 9.17) is 23.2 Å². The van der Waals surface area contributed by atoms with Crippen LogP contribution >= 0.6 is 23.2 Å². The molecule has 3 nitrogen and oxygen atoms in total. The van der Waals surface area contributed by atoms with Crippen molar-refractivity contribution in [3.8, 4) is 0 Å². The van der Waals surface area contributed by atoms with E-state index in [0.717, 1.165) is 19.5 Å². The monoisotopic (exact) mass is 300 g/mol. The van der Waals surface area contributed by atoms with E-state index < -0.39 is 0 Å². The normalized spacial score (nSPS) is 19.7. The van der Waals surface area contributed by atoms with Crippen molar-refractivity contribution in [3.63, 3.8) is 0 Å². The predicted octanol–water partition coefficient (Wildman–Crippen LogP) is 3.16. The molecule has 0 radical (unpaired) electrons. The van der Waals surface area contributed by atoms with Gasteiger partial charge in [0.1, 0.15) is 0 Å². The van der Waals surface area contributed by atoms with Crippen LogP contribution < -0.4 is 0 Å². The number of hydrogen-bond donors (Lipinski definition) is 0. The summed E-state index contributed by atoms with van der Waals surface area (Å²) >= 11 is 12.0. The van der Waals surface area contributed by atoms with Gasteiger partial charge in [-0.25, -0.2) is 0 Å². The van der Waals surface area contributed by atoms with Crippen LogP contribution in [0, 0.1) is 0 Å². The summed E-state index contributed by atoms with van der Waals surface area (Å²) in [7, 11) is 3.91. The van der Waals surface area contributed by atoms with E-state index in [1.54, 1.807) is 23.1 Å². The average molecular weight is 301 g/mol. The number of carbonyl (C=O) groups is 1. The summed E-state index contributed by atoms with van der Waals surface area (Å²) in [4.78, 5) is 16.4. The first-order valence-corrected chi connectivity index (χ1v) is 7.15. The third kappa shape index (κ3) is 3.41. The topological polar surface area (TPSA) is 23.6 Å². The zero-order valence-electron chi connectivity index (χ0n) is 11.2. The van der Waals surface area contributed by atoms with Crippen LogP contribution in [0.1, 0.15) is 23.2 Å². The molecule has 1 heterocycles. The summed E-state index contributed by atoms with van der Waals surface area (Å²) in [5.41, 5.74) is 0.470. The highest BCUT2D eigenvalue weighted by Gasteiger charge is 2.25. The summed E-state index contributed by atoms with van der Waals surface area (Å²) in [5.74, 6) is -0.0761. The molecular formula is C14H18Cl2N2O. The molecule has 19 heavy (non-hydrogen) atoms. The van der Waals surface area contributed by atoms with Crippen molar-refractivity contribution < 1.29 is 4.79 Å². The van der Waals surface area contributed by atoms with Crippen molar-refractivity contribution in [2.45, 2.75) is 18.9 Å². The number of carbonyl (C=O) groups excluding carboxylic acids is 1. The zero-order valence-corrected chi connectivity index (χ0v) is 12.7. The minimum absolute atomic E-state index is 0.0761. The zero-order chi connectivity index (χ0) is 14.0. The van der Waals surface area contributed by atoms with Gasteiger partial charge < -0.3 is 9.80 Å². The fourth-order valence-corrected chi connectivity index (χ4v) is 2.85. The first-order valence-electron chi connectivity index (χ1n) is 6.40. The number of benzene rings is 1. The van der Waals surface area contributed by atoms with Crippen LogP contribution in [-0.2, 0) is 0 Å². The van der Waals surface area contributed by atoms with Crippen LogP contribution in [-0.4, -0.2) is 48.9 Å². The molecule has 1 aliphatic rings. The minimum atomic E-state index is -0.0761. The third-order valence-corrected chi connectivity index (χ3v) is 4.23. The van der Waals surface area contributed by atoms with E-state index in [1.807, 2.05) is 7.05 Å². The SMILES string of the molecule is CN(CC1CCCN1C)C(=O)c1cc(Cl)ccc1Cl. The number of likely N-dealkylation sites (tertiary alicyclic amines) is 1. The Labute approximate surface area is 124 Å². The van der Waals surface area contributed by atoms with Crippen LogP contribution in [0.25, 0.3) is 0 Å². The molecule has 1 aromatic rings. The van der Waals surface area contributed by atoms with Crippen LogP contribution in [0.15, 0.2) is 18.2 Å². The lowest BCUT2D eigenvalue weighted by Gasteiger charge is -2.26. The molecular weight excluding hydrogens is 283 g/mol. The van der Waals surface area contributed by atoms with Crippen LogP contribution in [0.5, 0.6) is 0 Å². The summed E-state index contributed by atoms with van der Waals surface area (Å²) in [5, 5.41) is 0.972. The van der Waals surface area contributed by atoms with Crippen molar-refractivity contribution in [1.29, 1.82) is 0 Å². The van der Waals surface area contributed by atoms with Gasteiger partial charge in [0.15, 0.2) is 0 Å². The van der Waals surface area contributed by atoms with Gasteiger partial charge in [-0.05, 0) is 44.6 Å². The smallest absolute Gasteiger partial charge is 0.255 e. The van der Waals surface area contributed by atoms with E-state index in [0.29, 0.717) is 21.7 Å². The summed E-state index contributed by atoms with van der Waals surface area (Å²) in [6.07, 6.45) is 2.33. The third-order valence-electron chi connectivity index (χ3n) is 3.66. The maximum atomic E-state index is 12.4. The molecule has 1 aliphatic heterocycles.